The lowest BCUT2D eigenvalue weighted by molar-refractivity contribution is 0.248. The van der Waals surface area contributed by atoms with E-state index in [4.69, 9.17) is 4.98 Å². The zero-order chi connectivity index (χ0) is 23.8. The fourth-order valence-electron chi connectivity index (χ4n) is 4.59. The van der Waals surface area contributed by atoms with E-state index in [0.717, 1.165) is 53.3 Å². The molecule has 0 radical (unpaired) electrons. The number of aromatic nitrogens is 4. The lowest BCUT2D eigenvalue weighted by atomic mass is 10.2. The number of hydrogen-bond donors (Lipinski definition) is 0. The number of halogens is 1. The molecule has 0 saturated carbocycles. The molecule has 9 heteroatoms. The highest BCUT2D eigenvalue weighted by Crippen LogP contribution is 2.24. The zero-order valence-corrected chi connectivity index (χ0v) is 20.9. The highest BCUT2D eigenvalue weighted by Gasteiger charge is 2.25. The zero-order valence-electron chi connectivity index (χ0n) is 19.3. The predicted octanol–water partition coefficient (Wildman–Crippen LogP) is 2.57. The van der Waals surface area contributed by atoms with Crippen LogP contribution in [-0.2, 0) is 27.2 Å². The van der Waals surface area contributed by atoms with Crippen LogP contribution >= 0.6 is 15.9 Å². The van der Waals surface area contributed by atoms with Gasteiger partial charge in [0.25, 0.3) is 5.56 Å². The normalized spacial score (nSPS) is 14.7. The second kappa shape index (κ2) is 9.23. The molecule has 0 spiro atoms. The van der Waals surface area contributed by atoms with E-state index in [1.54, 1.807) is 7.05 Å². The molecular weight excluding hydrogens is 496 g/mol. The summed E-state index contributed by atoms with van der Waals surface area (Å²) in [6.45, 7) is 4.78. The Morgan fingerprint density at radius 1 is 0.853 bits per heavy atom. The lowest BCUT2D eigenvalue weighted by Crippen LogP contribution is -2.47. The molecule has 0 atom stereocenters. The summed E-state index contributed by atoms with van der Waals surface area (Å²) >= 11 is 3.54. The third kappa shape index (κ3) is 4.21. The summed E-state index contributed by atoms with van der Waals surface area (Å²) in [6.07, 6.45) is 0. The van der Waals surface area contributed by atoms with E-state index in [1.807, 2.05) is 34.9 Å². The Morgan fingerprint density at radius 2 is 1.56 bits per heavy atom. The van der Waals surface area contributed by atoms with Gasteiger partial charge < -0.3 is 4.90 Å². The molecule has 1 saturated heterocycles. The maximum absolute atomic E-state index is 13.2. The molecule has 5 rings (SSSR count). The van der Waals surface area contributed by atoms with Crippen molar-refractivity contribution >= 4 is 33.0 Å². The van der Waals surface area contributed by atoms with Gasteiger partial charge in [-0.3, -0.25) is 23.4 Å². The fourth-order valence-corrected chi connectivity index (χ4v) is 5.04. The van der Waals surface area contributed by atoms with Crippen LogP contribution in [0.3, 0.4) is 0 Å². The van der Waals surface area contributed by atoms with Crippen molar-refractivity contribution in [2.24, 2.45) is 14.1 Å². The molecule has 4 aromatic rings. The number of imidazole rings is 1. The average molecular weight is 523 g/mol. The Kier molecular flexibility index (Phi) is 6.14. The van der Waals surface area contributed by atoms with Gasteiger partial charge in [-0.25, -0.2) is 4.79 Å². The van der Waals surface area contributed by atoms with E-state index in [2.05, 4.69) is 50.0 Å². The summed E-state index contributed by atoms with van der Waals surface area (Å²) < 4.78 is 5.56. The molecule has 0 aliphatic carbocycles. The van der Waals surface area contributed by atoms with Crippen molar-refractivity contribution in [3.8, 4) is 0 Å². The Balaban J connectivity index is 1.51. The highest BCUT2D eigenvalue weighted by molar-refractivity contribution is 9.10. The number of nitrogens with zero attached hydrogens (tertiary/aromatic N) is 6. The first-order chi connectivity index (χ1) is 16.4. The minimum Gasteiger partial charge on any atom is -0.340 e. The number of fused-ring (bicyclic) bond motifs is 1. The van der Waals surface area contributed by atoms with Crippen LogP contribution in [0.25, 0.3) is 11.2 Å². The van der Waals surface area contributed by atoms with Crippen LogP contribution < -0.4 is 16.1 Å². The Labute approximate surface area is 205 Å². The predicted molar refractivity (Wildman–Crippen MR) is 137 cm³/mol. The van der Waals surface area contributed by atoms with Crippen molar-refractivity contribution in [3.63, 3.8) is 0 Å². The Hall–Kier alpha value is -3.17. The summed E-state index contributed by atoms with van der Waals surface area (Å²) in [5.74, 6) is 0.729. The van der Waals surface area contributed by atoms with Crippen molar-refractivity contribution in [1.82, 2.24) is 23.6 Å². The van der Waals surface area contributed by atoms with Crippen LogP contribution in [0.5, 0.6) is 0 Å². The summed E-state index contributed by atoms with van der Waals surface area (Å²) in [4.78, 5) is 35.2. The summed E-state index contributed by atoms with van der Waals surface area (Å²) in [7, 11) is 3.19. The molecular formula is C25H27BrN6O2. The maximum atomic E-state index is 13.2. The largest absolute Gasteiger partial charge is 0.340 e. The van der Waals surface area contributed by atoms with Crippen molar-refractivity contribution in [2.45, 2.75) is 13.1 Å². The van der Waals surface area contributed by atoms with Gasteiger partial charge in [0.05, 0.1) is 6.54 Å². The van der Waals surface area contributed by atoms with Crippen LogP contribution in [0.4, 0.5) is 5.95 Å². The minimum absolute atomic E-state index is 0.324. The van der Waals surface area contributed by atoms with E-state index < -0.39 is 0 Å². The molecule has 3 heterocycles. The van der Waals surface area contributed by atoms with E-state index in [0.29, 0.717) is 17.7 Å². The highest BCUT2D eigenvalue weighted by atomic mass is 79.9. The van der Waals surface area contributed by atoms with Crippen molar-refractivity contribution in [2.75, 3.05) is 31.1 Å². The molecule has 2 aromatic heterocycles. The van der Waals surface area contributed by atoms with Gasteiger partial charge in [-0.1, -0.05) is 58.4 Å². The van der Waals surface area contributed by atoms with E-state index >= 15 is 0 Å². The Bertz CT molecular complexity index is 1450. The maximum Gasteiger partial charge on any atom is 0.332 e. The Morgan fingerprint density at radius 3 is 2.26 bits per heavy atom. The summed E-state index contributed by atoms with van der Waals surface area (Å²) in [5, 5.41) is 0. The molecule has 8 nitrogen and oxygen atoms in total. The quantitative estimate of drug-likeness (QED) is 0.403. The molecule has 0 amide bonds. The molecule has 0 unspecified atom stereocenters. The topological polar surface area (TPSA) is 68.3 Å². The van der Waals surface area contributed by atoms with Crippen LogP contribution in [0.15, 0.2) is 68.7 Å². The number of aryl methyl sites for hydroxylation is 1. The fraction of sp³-hybridized carbons (Fsp3) is 0.320. The van der Waals surface area contributed by atoms with Gasteiger partial charge in [0.1, 0.15) is 0 Å². The van der Waals surface area contributed by atoms with Crippen molar-refractivity contribution in [3.05, 3.63) is 91.0 Å². The van der Waals surface area contributed by atoms with Gasteiger partial charge in [0.15, 0.2) is 11.2 Å². The molecule has 0 bridgehead atoms. The van der Waals surface area contributed by atoms with E-state index in [-0.39, 0.29) is 11.2 Å². The van der Waals surface area contributed by atoms with E-state index in [9.17, 15) is 9.59 Å². The first-order valence-corrected chi connectivity index (χ1v) is 12.1. The van der Waals surface area contributed by atoms with Gasteiger partial charge in [0, 0.05) is 51.3 Å². The van der Waals surface area contributed by atoms with E-state index in [1.165, 1.54) is 17.2 Å². The van der Waals surface area contributed by atoms with Gasteiger partial charge in [0.2, 0.25) is 5.95 Å². The molecule has 34 heavy (non-hydrogen) atoms. The molecule has 1 fully saturated rings. The van der Waals surface area contributed by atoms with Crippen LogP contribution in [-0.4, -0.2) is 49.8 Å². The summed E-state index contributed by atoms with van der Waals surface area (Å²) in [5.41, 5.74) is 2.53. The van der Waals surface area contributed by atoms with Gasteiger partial charge in [-0.2, -0.15) is 4.98 Å². The average Bonchev–Trinajstić information content (AvgIpc) is 3.22. The van der Waals surface area contributed by atoms with Crippen molar-refractivity contribution < 1.29 is 0 Å². The van der Waals surface area contributed by atoms with Crippen LogP contribution in [0.2, 0.25) is 0 Å². The van der Waals surface area contributed by atoms with Gasteiger partial charge >= 0.3 is 5.69 Å². The number of hydrogen-bond acceptors (Lipinski definition) is 5. The number of benzene rings is 2. The molecule has 0 N–H and O–H groups in total. The minimum atomic E-state index is -0.371. The van der Waals surface area contributed by atoms with Crippen molar-refractivity contribution in [1.29, 1.82) is 0 Å². The smallest absolute Gasteiger partial charge is 0.332 e. The lowest BCUT2D eigenvalue weighted by Gasteiger charge is -2.35. The summed E-state index contributed by atoms with van der Waals surface area (Å²) in [6, 6.07) is 18.5. The second-order valence-corrected chi connectivity index (χ2v) is 9.67. The molecule has 2 aromatic carbocycles. The third-order valence-corrected chi connectivity index (χ3v) is 6.95. The standard InChI is InChI=1S/C25H27BrN6O2/c1-28-22-21(23(33)29(2)25(28)34)32(17-19-9-6-10-20(26)15-19)24(27-22)31-13-11-30(12-14-31)16-18-7-4-3-5-8-18/h3-10,15H,11-14,16-17H2,1-2H3. The van der Waals surface area contributed by atoms with Crippen LogP contribution in [0.1, 0.15) is 11.1 Å². The van der Waals surface area contributed by atoms with Gasteiger partial charge in [-0.05, 0) is 23.3 Å². The molecule has 1 aliphatic rings. The van der Waals surface area contributed by atoms with Gasteiger partial charge in [-0.15, -0.1) is 0 Å². The third-order valence-electron chi connectivity index (χ3n) is 6.46. The first kappa shape index (κ1) is 22.6. The first-order valence-electron chi connectivity index (χ1n) is 11.3. The number of anilines is 1. The second-order valence-electron chi connectivity index (χ2n) is 8.75. The molecule has 176 valence electrons. The van der Waals surface area contributed by atoms with Crippen LogP contribution in [0, 0.1) is 0 Å². The molecule has 1 aliphatic heterocycles. The monoisotopic (exact) mass is 522 g/mol. The SMILES string of the molecule is Cn1c(=O)c2c(nc(N3CCN(Cc4ccccc4)CC3)n2Cc2cccc(Br)c2)n(C)c1=O. The number of piperazine rings is 1. The number of rotatable bonds is 5.